The number of likely N-dealkylation sites (N-methyl/N-ethyl adjacent to an activating group) is 1. The Bertz CT molecular complexity index is 683. The minimum absolute atomic E-state index is 0.0296. The highest BCUT2D eigenvalue weighted by molar-refractivity contribution is 5.78. The molecule has 1 atom stereocenters. The molecule has 1 heterocycles. The van der Waals surface area contributed by atoms with Gasteiger partial charge in [-0.2, -0.15) is 0 Å². The van der Waals surface area contributed by atoms with Crippen LogP contribution >= 0.6 is 0 Å². The zero-order chi connectivity index (χ0) is 20.8. The molecule has 1 saturated heterocycles. The molecule has 3 rings (SSSR count). The van der Waals surface area contributed by atoms with Crippen LogP contribution in [-0.2, 0) is 4.79 Å². The van der Waals surface area contributed by atoms with Crippen molar-refractivity contribution in [1.82, 2.24) is 20.0 Å². The lowest BCUT2D eigenvalue weighted by molar-refractivity contribution is -0.133. The molecular weight excluding hydrogens is 371 g/mol. The van der Waals surface area contributed by atoms with Crippen LogP contribution in [0.25, 0.3) is 0 Å². The van der Waals surface area contributed by atoms with Crippen LogP contribution in [-0.4, -0.2) is 72.5 Å². The number of benzene rings is 1. The molecule has 0 aromatic heterocycles. The van der Waals surface area contributed by atoms with Gasteiger partial charge < -0.3 is 15.1 Å². The molecule has 0 radical (unpaired) electrons. The van der Waals surface area contributed by atoms with Crippen LogP contribution in [0.1, 0.15) is 50.6 Å². The van der Waals surface area contributed by atoms with Gasteiger partial charge >= 0.3 is 6.03 Å². The number of amides is 3. The number of hydrogen-bond acceptors (Lipinski definition) is 3. The van der Waals surface area contributed by atoms with E-state index in [1.54, 1.807) is 24.1 Å². The summed E-state index contributed by atoms with van der Waals surface area (Å²) in [4.78, 5) is 30.8. The first kappa shape index (κ1) is 21.6. The fraction of sp³-hybridized carbons (Fsp3) is 0.636. The van der Waals surface area contributed by atoms with Gasteiger partial charge in [-0.15, -0.1) is 0 Å². The number of nitrogens with one attached hydrogen (secondary N) is 1. The van der Waals surface area contributed by atoms with Crippen molar-refractivity contribution in [2.75, 3.05) is 39.8 Å². The molecule has 1 aliphatic heterocycles. The quantitative estimate of drug-likeness (QED) is 0.821. The summed E-state index contributed by atoms with van der Waals surface area (Å²) in [5.41, 5.74) is 0.909. The molecule has 1 aromatic carbocycles. The maximum absolute atomic E-state index is 13.1. The largest absolute Gasteiger partial charge is 0.338 e. The topological polar surface area (TPSA) is 55.9 Å². The van der Waals surface area contributed by atoms with Crippen LogP contribution in [0.5, 0.6) is 0 Å². The summed E-state index contributed by atoms with van der Waals surface area (Å²) in [6.07, 6.45) is 5.83. The van der Waals surface area contributed by atoms with E-state index >= 15 is 0 Å². The van der Waals surface area contributed by atoms with E-state index in [-0.39, 0.29) is 23.8 Å². The number of halogens is 1. The number of urea groups is 1. The predicted molar refractivity (Wildman–Crippen MR) is 111 cm³/mol. The van der Waals surface area contributed by atoms with Gasteiger partial charge in [-0.1, -0.05) is 31.4 Å². The summed E-state index contributed by atoms with van der Waals surface area (Å²) >= 11 is 0. The van der Waals surface area contributed by atoms with Crippen molar-refractivity contribution in [3.63, 3.8) is 0 Å². The standard InChI is InChI=1S/C22H33FN4O2/c1-17(18-8-10-19(23)11-9-18)25(2)21(28)16-26-12-14-27(15-13-26)22(29)24-20-6-4-3-5-7-20/h8-11,17,20H,3-7,12-16H2,1-2H3,(H,24,29). The minimum Gasteiger partial charge on any atom is -0.338 e. The van der Waals surface area contributed by atoms with E-state index in [4.69, 9.17) is 0 Å². The van der Waals surface area contributed by atoms with Gasteiger partial charge in [-0.25, -0.2) is 9.18 Å². The highest BCUT2D eigenvalue weighted by atomic mass is 19.1. The normalized spacial score (nSPS) is 19.6. The molecule has 2 fully saturated rings. The van der Waals surface area contributed by atoms with Gasteiger partial charge in [-0.3, -0.25) is 9.69 Å². The monoisotopic (exact) mass is 404 g/mol. The predicted octanol–water partition coefficient (Wildman–Crippen LogP) is 3.01. The Morgan fingerprint density at radius 1 is 1.10 bits per heavy atom. The molecule has 1 aliphatic carbocycles. The lowest BCUT2D eigenvalue weighted by Gasteiger charge is -2.36. The van der Waals surface area contributed by atoms with Crippen molar-refractivity contribution in [2.45, 2.75) is 51.1 Å². The number of rotatable bonds is 5. The average Bonchev–Trinajstić information content (AvgIpc) is 2.74. The average molecular weight is 405 g/mol. The van der Waals surface area contributed by atoms with E-state index in [9.17, 15) is 14.0 Å². The number of carbonyl (C=O) groups excluding carboxylic acids is 2. The van der Waals surface area contributed by atoms with E-state index in [2.05, 4.69) is 10.2 Å². The summed E-state index contributed by atoms with van der Waals surface area (Å²) in [7, 11) is 1.78. The van der Waals surface area contributed by atoms with Crippen molar-refractivity contribution >= 4 is 11.9 Å². The van der Waals surface area contributed by atoms with Crippen molar-refractivity contribution < 1.29 is 14.0 Å². The zero-order valence-electron chi connectivity index (χ0n) is 17.6. The van der Waals surface area contributed by atoms with E-state index in [1.807, 2.05) is 11.8 Å². The van der Waals surface area contributed by atoms with Gasteiger partial charge in [0.15, 0.2) is 0 Å². The maximum Gasteiger partial charge on any atom is 0.317 e. The van der Waals surface area contributed by atoms with Crippen molar-refractivity contribution in [1.29, 1.82) is 0 Å². The van der Waals surface area contributed by atoms with Crippen LogP contribution in [0.4, 0.5) is 9.18 Å². The summed E-state index contributed by atoms with van der Waals surface area (Å²) in [5.74, 6) is -0.248. The Morgan fingerprint density at radius 3 is 2.34 bits per heavy atom. The molecule has 0 spiro atoms. The summed E-state index contributed by atoms with van der Waals surface area (Å²) in [5, 5.41) is 3.17. The molecule has 1 aromatic rings. The second-order valence-corrected chi connectivity index (χ2v) is 8.28. The van der Waals surface area contributed by atoms with E-state index in [1.165, 1.54) is 31.4 Å². The van der Waals surface area contributed by atoms with Crippen molar-refractivity contribution in [3.05, 3.63) is 35.6 Å². The van der Waals surface area contributed by atoms with E-state index in [0.29, 0.717) is 38.8 Å². The van der Waals surface area contributed by atoms with E-state index < -0.39 is 0 Å². The van der Waals surface area contributed by atoms with Crippen molar-refractivity contribution in [3.8, 4) is 0 Å². The summed E-state index contributed by atoms with van der Waals surface area (Å²) < 4.78 is 13.1. The Labute approximate surface area is 173 Å². The SMILES string of the molecule is CC(c1ccc(F)cc1)N(C)C(=O)CN1CCN(C(=O)NC2CCCCC2)CC1. The third kappa shape index (κ3) is 5.92. The highest BCUT2D eigenvalue weighted by Crippen LogP contribution is 2.20. The van der Waals surface area contributed by atoms with Gasteiger partial charge in [0.1, 0.15) is 5.82 Å². The molecule has 29 heavy (non-hydrogen) atoms. The molecule has 0 bridgehead atoms. The van der Waals surface area contributed by atoms with Crippen LogP contribution in [0, 0.1) is 5.82 Å². The molecule has 3 amide bonds. The summed E-state index contributed by atoms with van der Waals surface area (Å²) in [6.45, 7) is 4.95. The Kier molecular flexibility index (Phi) is 7.47. The molecule has 1 unspecified atom stereocenters. The minimum atomic E-state index is -0.277. The molecule has 1 saturated carbocycles. The molecule has 7 heteroatoms. The molecular formula is C22H33FN4O2. The second-order valence-electron chi connectivity index (χ2n) is 8.28. The second kappa shape index (κ2) is 10.1. The van der Waals surface area contributed by atoms with Crippen LogP contribution < -0.4 is 5.32 Å². The van der Waals surface area contributed by atoms with Gasteiger partial charge in [0.2, 0.25) is 5.91 Å². The zero-order valence-corrected chi connectivity index (χ0v) is 17.6. The third-order valence-electron chi connectivity index (χ3n) is 6.28. The fourth-order valence-electron chi connectivity index (χ4n) is 4.11. The van der Waals surface area contributed by atoms with Gasteiger partial charge in [-0.05, 0) is 37.5 Å². The van der Waals surface area contributed by atoms with Gasteiger partial charge in [0.05, 0.1) is 12.6 Å². The fourth-order valence-corrected chi connectivity index (χ4v) is 4.11. The lowest BCUT2D eigenvalue weighted by atomic mass is 9.96. The lowest BCUT2D eigenvalue weighted by Crippen LogP contribution is -2.55. The maximum atomic E-state index is 13.1. The van der Waals surface area contributed by atoms with Gasteiger partial charge in [0.25, 0.3) is 0 Å². The van der Waals surface area contributed by atoms with Crippen molar-refractivity contribution in [2.24, 2.45) is 0 Å². The Balaban J connectivity index is 1.42. The first-order chi connectivity index (χ1) is 13.9. The first-order valence-electron chi connectivity index (χ1n) is 10.7. The van der Waals surface area contributed by atoms with Crippen LogP contribution in [0.15, 0.2) is 24.3 Å². The molecule has 1 N–H and O–H groups in total. The Hall–Kier alpha value is -2.15. The number of hydrogen-bond donors (Lipinski definition) is 1. The number of piperazine rings is 1. The summed E-state index contributed by atoms with van der Waals surface area (Å²) in [6, 6.07) is 6.50. The number of carbonyl (C=O) groups is 2. The van der Waals surface area contributed by atoms with Gasteiger partial charge in [0, 0.05) is 39.3 Å². The van der Waals surface area contributed by atoms with E-state index in [0.717, 1.165) is 18.4 Å². The highest BCUT2D eigenvalue weighted by Gasteiger charge is 2.26. The smallest absolute Gasteiger partial charge is 0.317 e. The first-order valence-corrected chi connectivity index (χ1v) is 10.7. The van der Waals surface area contributed by atoms with Crippen LogP contribution in [0.2, 0.25) is 0 Å². The molecule has 2 aliphatic rings. The Morgan fingerprint density at radius 2 is 1.72 bits per heavy atom. The van der Waals surface area contributed by atoms with Crippen LogP contribution in [0.3, 0.4) is 0 Å². The third-order valence-corrected chi connectivity index (χ3v) is 6.28. The molecule has 160 valence electrons. The molecule has 6 nitrogen and oxygen atoms in total. The number of nitrogens with zero attached hydrogens (tertiary/aromatic N) is 3.